The van der Waals surface area contributed by atoms with Gasteiger partial charge in [0, 0.05) is 0 Å². The molecule has 1 aromatic heterocycles. The van der Waals surface area contributed by atoms with Gasteiger partial charge in [0.15, 0.2) is 0 Å². The van der Waals surface area contributed by atoms with Crippen LogP contribution in [0.2, 0.25) is 0 Å². The Labute approximate surface area is 101 Å². The molecule has 0 aliphatic rings. The third-order valence-electron chi connectivity index (χ3n) is 1.92. The van der Waals surface area contributed by atoms with Crippen molar-refractivity contribution in [3.8, 4) is 17.6 Å². The Kier molecular flexibility index (Phi) is 3.18. The number of aromatic nitrogens is 1. The van der Waals surface area contributed by atoms with Crippen LogP contribution >= 0.6 is 15.9 Å². The molecule has 1 heterocycles. The lowest BCUT2D eigenvalue weighted by atomic mass is 10.3. The van der Waals surface area contributed by atoms with Gasteiger partial charge >= 0.3 is 0 Å². The van der Waals surface area contributed by atoms with Crippen molar-refractivity contribution in [1.29, 1.82) is 5.26 Å². The maximum atomic E-state index is 8.60. The summed E-state index contributed by atoms with van der Waals surface area (Å²) in [6.45, 7) is 0. The van der Waals surface area contributed by atoms with Crippen LogP contribution in [-0.4, -0.2) is 4.98 Å². The zero-order valence-electron chi connectivity index (χ0n) is 8.22. The molecule has 0 saturated carbocycles. The lowest BCUT2D eigenvalue weighted by Crippen LogP contribution is -1.87. The topological polar surface area (TPSA) is 45.9 Å². The highest BCUT2D eigenvalue weighted by atomic mass is 79.9. The number of pyridine rings is 1. The van der Waals surface area contributed by atoms with E-state index in [9.17, 15) is 0 Å². The molecule has 0 fully saturated rings. The molecular formula is C12H7BrN2O. The third kappa shape index (κ3) is 2.38. The predicted octanol–water partition coefficient (Wildman–Crippen LogP) is 3.51. The van der Waals surface area contributed by atoms with Crippen molar-refractivity contribution in [2.24, 2.45) is 0 Å². The van der Waals surface area contributed by atoms with E-state index in [0.717, 1.165) is 4.47 Å². The number of rotatable bonds is 2. The minimum atomic E-state index is 0.375. The number of benzene rings is 1. The maximum absolute atomic E-state index is 8.60. The van der Waals surface area contributed by atoms with Crippen molar-refractivity contribution in [2.75, 3.05) is 0 Å². The molecule has 0 N–H and O–H groups in total. The van der Waals surface area contributed by atoms with Gasteiger partial charge in [-0.3, -0.25) is 0 Å². The van der Waals surface area contributed by atoms with E-state index >= 15 is 0 Å². The zero-order chi connectivity index (χ0) is 11.4. The van der Waals surface area contributed by atoms with Crippen LogP contribution in [0.4, 0.5) is 0 Å². The monoisotopic (exact) mass is 274 g/mol. The Morgan fingerprint density at radius 2 is 2.00 bits per heavy atom. The van der Waals surface area contributed by atoms with Gasteiger partial charge in [-0.1, -0.05) is 12.1 Å². The average molecular weight is 275 g/mol. The number of nitrogens with zero attached hydrogens (tertiary/aromatic N) is 2. The van der Waals surface area contributed by atoms with Crippen LogP contribution < -0.4 is 4.74 Å². The van der Waals surface area contributed by atoms with Crippen LogP contribution in [0.15, 0.2) is 47.1 Å². The van der Waals surface area contributed by atoms with Gasteiger partial charge in [-0.15, -0.1) is 0 Å². The van der Waals surface area contributed by atoms with E-state index in [1.54, 1.807) is 12.1 Å². The van der Waals surface area contributed by atoms with Gasteiger partial charge in [-0.05, 0) is 40.2 Å². The number of para-hydroxylation sites is 1. The van der Waals surface area contributed by atoms with Gasteiger partial charge in [0.2, 0.25) is 0 Å². The smallest absolute Gasteiger partial charge is 0.145 e. The molecule has 0 saturated heterocycles. The van der Waals surface area contributed by atoms with Crippen LogP contribution in [0.3, 0.4) is 0 Å². The van der Waals surface area contributed by atoms with Crippen LogP contribution in [0.1, 0.15) is 5.69 Å². The first-order valence-corrected chi connectivity index (χ1v) is 5.37. The maximum Gasteiger partial charge on any atom is 0.145 e. The second kappa shape index (κ2) is 4.77. The number of ether oxygens (including phenoxy) is 1. The summed E-state index contributed by atoms with van der Waals surface area (Å²) in [7, 11) is 0. The first kappa shape index (κ1) is 10.7. The molecule has 4 heteroatoms. The molecule has 0 amide bonds. The summed E-state index contributed by atoms with van der Waals surface area (Å²) in [5.74, 6) is 1.32. The fourth-order valence-electron chi connectivity index (χ4n) is 1.16. The van der Waals surface area contributed by atoms with Gasteiger partial charge in [0.25, 0.3) is 0 Å². The first-order valence-electron chi connectivity index (χ1n) is 4.58. The average Bonchev–Trinajstić information content (AvgIpc) is 2.33. The summed E-state index contributed by atoms with van der Waals surface area (Å²) < 4.78 is 6.46. The van der Waals surface area contributed by atoms with E-state index in [1.807, 2.05) is 30.3 Å². The van der Waals surface area contributed by atoms with Crippen molar-refractivity contribution >= 4 is 15.9 Å². The van der Waals surface area contributed by atoms with Crippen molar-refractivity contribution in [1.82, 2.24) is 4.98 Å². The second-order valence-electron chi connectivity index (χ2n) is 3.02. The molecule has 1 aromatic carbocycles. The summed E-state index contributed by atoms with van der Waals surface area (Å²) in [6.07, 6.45) is 1.53. The Hall–Kier alpha value is -1.86. The van der Waals surface area contributed by atoms with Gasteiger partial charge in [0.05, 0.1) is 10.7 Å². The highest BCUT2D eigenvalue weighted by molar-refractivity contribution is 9.10. The van der Waals surface area contributed by atoms with Crippen LogP contribution in [0, 0.1) is 11.3 Å². The summed E-state index contributed by atoms with van der Waals surface area (Å²) in [5, 5.41) is 8.60. The Balaban J connectivity index is 2.22. The van der Waals surface area contributed by atoms with Crippen molar-refractivity contribution in [2.45, 2.75) is 0 Å². The van der Waals surface area contributed by atoms with E-state index in [4.69, 9.17) is 10.00 Å². The molecular weight excluding hydrogens is 268 g/mol. The molecule has 0 aliphatic carbocycles. The molecule has 0 aliphatic heterocycles. The standard InChI is InChI=1S/C12H7BrN2O/c13-11-3-1-2-4-12(11)16-10-6-5-9(7-14)15-8-10/h1-6,8H. The van der Waals surface area contributed by atoms with Crippen molar-refractivity contribution in [3.63, 3.8) is 0 Å². The zero-order valence-corrected chi connectivity index (χ0v) is 9.81. The lowest BCUT2D eigenvalue weighted by molar-refractivity contribution is 0.477. The normalized spacial score (nSPS) is 9.50. The fourth-order valence-corrected chi connectivity index (χ4v) is 1.53. The molecule has 0 bridgehead atoms. The van der Waals surface area contributed by atoms with Crippen molar-refractivity contribution < 1.29 is 4.74 Å². The number of hydrogen-bond acceptors (Lipinski definition) is 3. The molecule has 0 radical (unpaired) electrons. The largest absolute Gasteiger partial charge is 0.455 e. The predicted molar refractivity (Wildman–Crippen MR) is 63.2 cm³/mol. The molecule has 16 heavy (non-hydrogen) atoms. The Bertz CT molecular complexity index is 531. The summed E-state index contributed by atoms with van der Waals surface area (Å²) in [5.41, 5.74) is 0.375. The van der Waals surface area contributed by atoms with E-state index in [1.165, 1.54) is 6.20 Å². The van der Waals surface area contributed by atoms with E-state index in [-0.39, 0.29) is 0 Å². The summed E-state index contributed by atoms with van der Waals surface area (Å²) >= 11 is 3.38. The Morgan fingerprint density at radius 1 is 1.19 bits per heavy atom. The first-order chi connectivity index (χ1) is 7.79. The minimum absolute atomic E-state index is 0.375. The minimum Gasteiger partial charge on any atom is -0.455 e. The molecule has 78 valence electrons. The third-order valence-corrected chi connectivity index (χ3v) is 2.57. The van der Waals surface area contributed by atoms with Crippen LogP contribution in [-0.2, 0) is 0 Å². The van der Waals surface area contributed by atoms with Crippen molar-refractivity contribution in [3.05, 3.63) is 52.8 Å². The molecule has 0 atom stereocenters. The summed E-state index contributed by atoms with van der Waals surface area (Å²) in [6, 6.07) is 12.8. The molecule has 0 spiro atoms. The lowest BCUT2D eigenvalue weighted by Gasteiger charge is -2.06. The quantitative estimate of drug-likeness (QED) is 0.842. The second-order valence-corrected chi connectivity index (χ2v) is 3.88. The van der Waals surface area contributed by atoms with E-state index in [2.05, 4.69) is 20.9 Å². The number of hydrogen-bond donors (Lipinski definition) is 0. The SMILES string of the molecule is N#Cc1ccc(Oc2ccccc2Br)cn1. The highest BCUT2D eigenvalue weighted by Crippen LogP contribution is 2.28. The summed E-state index contributed by atoms with van der Waals surface area (Å²) in [4.78, 5) is 3.92. The van der Waals surface area contributed by atoms with Gasteiger partial charge in [-0.2, -0.15) is 5.26 Å². The van der Waals surface area contributed by atoms with Crippen LogP contribution in [0.5, 0.6) is 11.5 Å². The van der Waals surface area contributed by atoms with Gasteiger partial charge < -0.3 is 4.74 Å². The Morgan fingerprint density at radius 3 is 2.62 bits per heavy atom. The highest BCUT2D eigenvalue weighted by Gasteiger charge is 2.01. The van der Waals surface area contributed by atoms with Gasteiger partial charge in [-0.25, -0.2) is 4.98 Å². The number of halogens is 1. The molecule has 3 nitrogen and oxygen atoms in total. The molecule has 0 unspecified atom stereocenters. The number of nitriles is 1. The van der Waals surface area contributed by atoms with Gasteiger partial charge in [0.1, 0.15) is 23.3 Å². The van der Waals surface area contributed by atoms with Crippen LogP contribution in [0.25, 0.3) is 0 Å². The molecule has 2 rings (SSSR count). The fraction of sp³-hybridized carbons (Fsp3) is 0. The van der Waals surface area contributed by atoms with E-state index < -0.39 is 0 Å². The van der Waals surface area contributed by atoms with E-state index in [0.29, 0.717) is 17.2 Å². The molecule has 2 aromatic rings.